The third-order valence-corrected chi connectivity index (χ3v) is 4.19. The van der Waals surface area contributed by atoms with Crippen molar-refractivity contribution in [1.29, 1.82) is 5.41 Å². The molecule has 5 heteroatoms. The Labute approximate surface area is 109 Å². The first-order valence-corrected chi connectivity index (χ1v) is 6.60. The maximum absolute atomic E-state index is 7.66. The molecule has 1 saturated heterocycles. The average molecular weight is 259 g/mol. The number of benzene rings is 1. The molecule has 3 rings (SSSR count). The Morgan fingerprint density at radius 2 is 2.17 bits per heavy atom. The van der Waals surface area contributed by atoms with Crippen molar-refractivity contribution in [2.24, 2.45) is 5.73 Å². The summed E-state index contributed by atoms with van der Waals surface area (Å²) in [5.41, 5.74) is 7.29. The summed E-state index contributed by atoms with van der Waals surface area (Å²) < 4.78 is 5.20. The van der Waals surface area contributed by atoms with E-state index in [9.17, 15) is 0 Å². The number of nitrogens with zero attached hydrogens (tertiary/aromatic N) is 1. The number of hydrogen-bond acceptors (Lipinski definition) is 4. The van der Waals surface area contributed by atoms with Gasteiger partial charge >= 0.3 is 0 Å². The molecule has 0 unspecified atom stereocenters. The van der Waals surface area contributed by atoms with Crippen molar-refractivity contribution < 1.29 is 4.74 Å². The van der Waals surface area contributed by atoms with Crippen LogP contribution in [0.1, 0.15) is 5.56 Å². The number of pyridine rings is 1. The lowest BCUT2D eigenvalue weighted by molar-refractivity contribution is 0.0455. The van der Waals surface area contributed by atoms with Crippen molar-refractivity contribution >= 4 is 28.5 Å². The van der Waals surface area contributed by atoms with Gasteiger partial charge in [-0.05, 0) is 6.07 Å². The predicted molar refractivity (Wildman–Crippen MR) is 73.2 cm³/mol. The first-order chi connectivity index (χ1) is 8.75. The van der Waals surface area contributed by atoms with E-state index in [1.807, 2.05) is 24.3 Å². The maximum atomic E-state index is 7.66. The molecule has 2 aromatic rings. The highest BCUT2D eigenvalue weighted by atomic mass is 32.2. The summed E-state index contributed by atoms with van der Waals surface area (Å²) in [5, 5.41) is 9.17. The first kappa shape index (κ1) is 11.5. The van der Waals surface area contributed by atoms with E-state index in [0.29, 0.717) is 10.8 Å². The van der Waals surface area contributed by atoms with Crippen LogP contribution in [0.3, 0.4) is 0 Å². The van der Waals surface area contributed by atoms with Gasteiger partial charge in [-0.15, -0.1) is 11.8 Å². The molecule has 3 N–H and O–H groups in total. The molecule has 1 aromatic heterocycles. The Bertz CT molecular complexity index is 610. The van der Waals surface area contributed by atoms with Gasteiger partial charge in [0.2, 0.25) is 0 Å². The number of fused-ring (bicyclic) bond motifs is 1. The molecule has 0 amide bonds. The van der Waals surface area contributed by atoms with Crippen LogP contribution in [0, 0.1) is 5.41 Å². The third-order valence-electron chi connectivity index (χ3n) is 2.91. The molecule has 0 radical (unpaired) electrons. The number of thioether (sulfide) groups is 1. The number of nitrogen functional groups attached to an aromatic ring is 1. The zero-order valence-electron chi connectivity index (χ0n) is 9.72. The van der Waals surface area contributed by atoms with Gasteiger partial charge in [0.25, 0.3) is 0 Å². The highest BCUT2D eigenvalue weighted by Crippen LogP contribution is 2.35. The van der Waals surface area contributed by atoms with E-state index >= 15 is 0 Å². The third kappa shape index (κ3) is 1.95. The summed E-state index contributed by atoms with van der Waals surface area (Å²) in [6.45, 7) is 1.53. The van der Waals surface area contributed by atoms with Crippen molar-refractivity contribution in [3.8, 4) is 0 Å². The van der Waals surface area contributed by atoms with Crippen LogP contribution in [0.25, 0.3) is 10.9 Å². The van der Waals surface area contributed by atoms with Gasteiger partial charge in [-0.25, -0.2) is 0 Å². The molecule has 1 fully saturated rings. The van der Waals surface area contributed by atoms with Gasteiger partial charge in [-0.2, -0.15) is 0 Å². The first-order valence-electron chi connectivity index (χ1n) is 5.72. The van der Waals surface area contributed by atoms with Crippen LogP contribution in [0.2, 0.25) is 0 Å². The van der Waals surface area contributed by atoms with Gasteiger partial charge in [0.05, 0.1) is 24.0 Å². The second kappa shape index (κ2) is 4.59. The van der Waals surface area contributed by atoms with E-state index < -0.39 is 0 Å². The molecule has 0 aliphatic carbocycles. The van der Waals surface area contributed by atoms with E-state index in [2.05, 4.69) is 4.98 Å². The van der Waals surface area contributed by atoms with Gasteiger partial charge in [0.1, 0.15) is 5.84 Å². The Morgan fingerprint density at radius 1 is 1.39 bits per heavy atom. The van der Waals surface area contributed by atoms with Gasteiger partial charge in [-0.1, -0.05) is 18.2 Å². The Hall–Kier alpha value is -1.59. The lowest BCUT2D eigenvalue weighted by Crippen LogP contribution is -2.30. The molecule has 1 aromatic carbocycles. The monoisotopic (exact) mass is 259 g/mol. The minimum absolute atomic E-state index is 0.0657. The molecule has 0 saturated carbocycles. The molecular formula is C13H13N3OS. The zero-order chi connectivity index (χ0) is 12.5. The van der Waals surface area contributed by atoms with E-state index in [4.69, 9.17) is 15.9 Å². The minimum atomic E-state index is 0.0657. The number of ether oxygens (including phenoxy) is 1. The van der Waals surface area contributed by atoms with Gasteiger partial charge in [0.15, 0.2) is 0 Å². The van der Waals surface area contributed by atoms with Crippen LogP contribution in [0.4, 0.5) is 0 Å². The zero-order valence-corrected chi connectivity index (χ0v) is 10.5. The van der Waals surface area contributed by atoms with Gasteiger partial charge in [-0.3, -0.25) is 10.4 Å². The number of aromatic nitrogens is 1. The SMILES string of the molecule is N=C(N)c1cnc2ccccc2c1SC1COC1. The van der Waals surface area contributed by atoms with Crippen LogP contribution < -0.4 is 5.73 Å². The van der Waals surface area contributed by atoms with Crippen LogP contribution in [-0.2, 0) is 4.74 Å². The van der Waals surface area contributed by atoms with Crippen LogP contribution in [0.15, 0.2) is 35.4 Å². The standard InChI is InChI=1S/C13H13N3OS/c14-13(15)10-5-16-11-4-2-1-3-9(11)12(10)18-8-6-17-7-8/h1-5,8H,6-7H2,(H3,14,15). The number of amidine groups is 1. The number of nitrogens with one attached hydrogen (secondary N) is 1. The highest BCUT2D eigenvalue weighted by Gasteiger charge is 2.23. The topological polar surface area (TPSA) is 72.0 Å². The quantitative estimate of drug-likeness (QED) is 0.653. The smallest absolute Gasteiger partial charge is 0.125 e. The van der Waals surface area contributed by atoms with Crippen molar-refractivity contribution in [1.82, 2.24) is 4.98 Å². The van der Waals surface area contributed by atoms with Crippen LogP contribution >= 0.6 is 11.8 Å². The molecule has 2 heterocycles. The molecule has 0 bridgehead atoms. The Kier molecular flexibility index (Phi) is 2.93. The van der Waals surface area contributed by atoms with Gasteiger partial charge in [0, 0.05) is 22.0 Å². The molecule has 1 aliphatic rings. The second-order valence-corrected chi connectivity index (χ2v) is 5.52. The average Bonchev–Trinajstić information content (AvgIpc) is 2.33. The molecular weight excluding hydrogens is 246 g/mol. The molecule has 4 nitrogen and oxygen atoms in total. The number of para-hydroxylation sites is 1. The molecule has 0 spiro atoms. The predicted octanol–water partition coefficient (Wildman–Crippen LogP) is 2.01. The normalized spacial score (nSPS) is 15.6. The summed E-state index contributed by atoms with van der Waals surface area (Å²) in [7, 11) is 0. The van der Waals surface area contributed by atoms with Crippen molar-refractivity contribution in [2.45, 2.75) is 10.1 Å². The lowest BCUT2D eigenvalue weighted by atomic mass is 10.1. The largest absolute Gasteiger partial charge is 0.384 e. The van der Waals surface area contributed by atoms with Crippen LogP contribution in [0.5, 0.6) is 0 Å². The molecule has 92 valence electrons. The Balaban J connectivity index is 2.14. The summed E-state index contributed by atoms with van der Waals surface area (Å²) in [6.07, 6.45) is 1.69. The van der Waals surface area contributed by atoms with Crippen molar-refractivity contribution in [3.05, 3.63) is 36.0 Å². The fourth-order valence-corrected chi connectivity index (χ4v) is 3.13. The lowest BCUT2D eigenvalue weighted by Gasteiger charge is -2.26. The van der Waals surface area contributed by atoms with Crippen molar-refractivity contribution in [3.63, 3.8) is 0 Å². The minimum Gasteiger partial charge on any atom is -0.384 e. The summed E-state index contributed by atoms with van der Waals surface area (Å²) >= 11 is 1.73. The summed E-state index contributed by atoms with van der Waals surface area (Å²) in [5.74, 6) is 0.0657. The van der Waals surface area contributed by atoms with Crippen LogP contribution in [-0.4, -0.2) is 29.3 Å². The Morgan fingerprint density at radius 3 is 2.83 bits per heavy atom. The number of hydrogen-bond donors (Lipinski definition) is 2. The fraction of sp³-hybridized carbons (Fsp3) is 0.231. The second-order valence-electron chi connectivity index (χ2n) is 4.21. The summed E-state index contributed by atoms with van der Waals surface area (Å²) in [4.78, 5) is 5.39. The van der Waals surface area contributed by atoms with Crippen molar-refractivity contribution in [2.75, 3.05) is 13.2 Å². The van der Waals surface area contributed by atoms with E-state index in [-0.39, 0.29) is 5.84 Å². The van der Waals surface area contributed by atoms with E-state index in [1.54, 1.807) is 18.0 Å². The van der Waals surface area contributed by atoms with E-state index in [0.717, 1.165) is 29.0 Å². The molecule has 1 aliphatic heterocycles. The highest BCUT2D eigenvalue weighted by molar-refractivity contribution is 8.00. The number of rotatable bonds is 3. The fourth-order valence-electron chi connectivity index (χ4n) is 1.88. The molecule has 0 atom stereocenters. The van der Waals surface area contributed by atoms with E-state index in [1.165, 1.54) is 0 Å². The van der Waals surface area contributed by atoms with Gasteiger partial charge < -0.3 is 10.5 Å². The molecule has 18 heavy (non-hydrogen) atoms. The maximum Gasteiger partial charge on any atom is 0.125 e. The number of nitrogens with two attached hydrogens (primary N) is 1. The summed E-state index contributed by atoms with van der Waals surface area (Å²) in [6, 6.07) is 7.94.